The summed E-state index contributed by atoms with van der Waals surface area (Å²) in [5.74, 6) is 0.266. The first-order valence-electron chi connectivity index (χ1n) is 10.7. The molecule has 0 saturated heterocycles. The van der Waals surface area contributed by atoms with Crippen LogP contribution in [0.25, 0.3) is 5.69 Å². The van der Waals surface area contributed by atoms with Crippen LogP contribution >= 0.6 is 0 Å². The molecule has 0 spiro atoms. The van der Waals surface area contributed by atoms with Crippen LogP contribution in [-0.4, -0.2) is 22.3 Å². The fourth-order valence-electron chi connectivity index (χ4n) is 4.43. The second kappa shape index (κ2) is 8.41. The van der Waals surface area contributed by atoms with Gasteiger partial charge in [-0.3, -0.25) is 9.36 Å². The van der Waals surface area contributed by atoms with E-state index in [1.165, 1.54) is 11.6 Å². The average molecular weight is 414 g/mol. The van der Waals surface area contributed by atoms with Crippen molar-refractivity contribution in [1.29, 1.82) is 5.26 Å². The predicted molar refractivity (Wildman–Crippen MR) is 123 cm³/mol. The number of nitrogens with zero attached hydrogens (tertiary/aromatic N) is 2. The molecule has 2 heterocycles. The molecule has 0 amide bonds. The van der Waals surface area contributed by atoms with Crippen LogP contribution in [0.15, 0.2) is 59.4 Å². The third-order valence-corrected chi connectivity index (χ3v) is 6.07. The highest BCUT2D eigenvalue weighted by Crippen LogP contribution is 2.41. The Morgan fingerprint density at radius 2 is 1.87 bits per heavy atom. The average Bonchev–Trinajstić information content (AvgIpc) is 3.07. The lowest BCUT2D eigenvalue weighted by Crippen LogP contribution is -2.24. The van der Waals surface area contributed by atoms with Gasteiger partial charge in [-0.2, -0.15) is 5.26 Å². The largest absolute Gasteiger partial charge is 0.391 e. The molecule has 5 heteroatoms. The van der Waals surface area contributed by atoms with Crippen LogP contribution in [0.1, 0.15) is 60.1 Å². The monoisotopic (exact) mass is 413 g/mol. The summed E-state index contributed by atoms with van der Waals surface area (Å²) in [7, 11) is 0. The smallest absolute Gasteiger partial charge is 0.255 e. The molecule has 0 bridgehead atoms. The van der Waals surface area contributed by atoms with Gasteiger partial charge in [0.15, 0.2) is 0 Å². The minimum absolute atomic E-state index is 0.140. The van der Waals surface area contributed by atoms with Crippen molar-refractivity contribution >= 4 is 5.69 Å². The number of fused-ring (bicyclic) bond motifs is 3. The number of rotatable bonds is 6. The summed E-state index contributed by atoms with van der Waals surface area (Å²) in [6, 6.07) is 19.7. The van der Waals surface area contributed by atoms with Crippen LogP contribution in [0.3, 0.4) is 0 Å². The molecule has 2 aromatic carbocycles. The van der Waals surface area contributed by atoms with Gasteiger partial charge in [-0.25, -0.2) is 0 Å². The highest BCUT2D eigenvalue weighted by molar-refractivity contribution is 5.59. The number of para-hydroxylation sites is 1. The topological polar surface area (TPSA) is 78.0 Å². The molecule has 31 heavy (non-hydrogen) atoms. The van der Waals surface area contributed by atoms with Gasteiger partial charge in [-0.15, -0.1) is 0 Å². The molecule has 2 N–H and O–H groups in total. The van der Waals surface area contributed by atoms with E-state index in [-0.39, 0.29) is 11.5 Å². The maximum absolute atomic E-state index is 12.8. The normalized spacial score (nSPS) is 15.3. The minimum atomic E-state index is -0.642. The third kappa shape index (κ3) is 3.87. The van der Waals surface area contributed by atoms with Gasteiger partial charge in [0.1, 0.15) is 6.07 Å². The molecule has 1 aliphatic rings. The van der Waals surface area contributed by atoms with E-state index >= 15 is 0 Å². The predicted octanol–water partition coefficient (Wildman–Crippen LogP) is 4.45. The second-order valence-electron chi connectivity index (χ2n) is 8.53. The van der Waals surface area contributed by atoms with Gasteiger partial charge >= 0.3 is 0 Å². The zero-order chi connectivity index (χ0) is 22.1. The molecule has 0 saturated carbocycles. The molecular weight excluding hydrogens is 386 g/mol. The molecule has 1 aromatic heterocycles. The van der Waals surface area contributed by atoms with E-state index < -0.39 is 6.10 Å². The van der Waals surface area contributed by atoms with Crippen molar-refractivity contribution in [3.8, 4) is 11.8 Å². The van der Waals surface area contributed by atoms with Gasteiger partial charge < -0.3 is 10.4 Å². The maximum Gasteiger partial charge on any atom is 0.255 e. The van der Waals surface area contributed by atoms with E-state index in [0.717, 1.165) is 16.9 Å². The van der Waals surface area contributed by atoms with Crippen molar-refractivity contribution in [2.75, 3.05) is 11.9 Å². The molecule has 5 nitrogen and oxygen atoms in total. The van der Waals surface area contributed by atoms with Crippen molar-refractivity contribution in [3.05, 3.63) is 92.9 Å². The number of benzene rings is 2. The van der Waals surface area contributed by atoms with Gasteiger partial charge in [0.2, 0.25) is 0 Å². The van der Waals surface area contributed by atoms with Crippen molar-refractivity contribution in [2.24, 2.45) is 0 Å². The third-order valence-electron chi connectivity index (χ3n) is 6.07. The molecule has 1 aliphatic heterocycles. The van der Waals surface area contributed by atoms with E-state index in [9.17, 15) is 15.2 Å². The first kappa shape index (κ1) is 20.9. The Balaban J connectivity index is 1.59. The molecule has 2 unspecified atom stereocenters. The second-order valence-corrected chi connectivity index (χ2v) is 8.53. The number of nitrogens with one attached hydrogen (secondary N) is 1. The molecule has 4 rings (SSSR count). The summed E-state index contributed by atoms with van der Waals surface area (Å²) < 4.78 is 1.64. The number of aliphatic hydroxyl groups excluding tert-OH is 1. The Labute approximate surface area is 182 Å². The highest BCUT2D eigenvalue weighted by Gasteiger charge is 2.34. The van der Waals surface area contributed by atoms with E-state index in [2.05, 4.69) is 37.4 Å². The Morgan fingerprint density at radius 1 is 1.16 bits per heavy atom. The SMILES string of the molecule is Cc1cc(=O)n2c(c1C#N)C(CC(O)CNc1ccc(C(C)C)cc1)c1ccccc1-2. The van der Waals surface area contributed by atoms with E-state index in [0.29, 0.717) is 35.7 Å². The number of hydrogen-bond donors (Lipinski definition) is 2. The number of aromatic nitrogens is 1. The first-order chi connectivity index (χ1) is 14.9. The fourth-order valence-corrected chi connectivity index (χ4v) is 4.43. The molecule has 0 fully saturated rings. The summed E-state index contributed by atoms with van der Waals surface area (Å²) in [4.78, 5) is 12.8. The molecule has 158 valence electrons. The van der Waals surface area contributed by atoms with Crippen molar-refractivity contribution in [2.45, 2.75) is 45.1 Å². The quantitative estimate of drug-likeness (QED) is 0.626. The van der Waals surface area contributed by atoms with Crippen LogP contribution < -0.4 is 10.9 Å². The lowest BCUT2D eigenvalue weighted by molar-refractivity contribution is 0.172. The van der Waals surface area contributed by atoms with Crippen molar-refractivity contribution in [1.82, 2.24) is 4.57 Å². The molecule has 0 aliphatic carbocycles. The van der Waals surface area contributed by atoms with Gasteiger partial charge in [0.05, 0.1) is 23.0 Å². The molecular formula is C26H27N3O2. The number of nitriles is 1. The first-order valence-corrected chi connectivity index (χ1v) is 10.7. The number of pyridine rings is 1. The summed E-state index contributed by atoms with van der Waals surface area (Å²) in [6.07, 6.45) is -0.220. The van der Waals surface area contributed by atoms with Crippen LogP contribution in [0.2, 0.25) is 0 Å². The summed E-state index contributed by atoms with van der Waals surface area (Å²) >= 11 is 0. The Bertz CT molecular complexity index is 1200. The van der Waals surface area contributed by atoms with E-state index in [1.54, 1.807) is 11.5 Å². The Morgan fingerprint density at radius 3 is 2.55 bits per heavy atom. The molecule has 0 radical (unpaired) electrons. The molecule has 2 atom stereocenters. The molecule has 3 aromatic rings. The maximum atomic E-state index is 12.8. The standard InChI is InChI=1S/C26H27N3O2/c1-16(2)18-8-10-19(11-9-18)28-15-20(30)13-22-21-6-4-5-7-24(21)29-25(31)12-17(3)23(14-27)26(22)29/h4-12,16,20,22,28,30H,13,15H2,1-3H3. The van der Waals surface area contributed by atoms with Crippen LogP contribution in [0.5, 0.6) is 0 Å². The number of hydrogen-bond acceptors (Lipinski definition) is 4. The Kier molecular flexibility index (Phi) is 5.67. The minimum Gasteiger partial charge on any atom is -0.391 e. The van der Waals surface area contributed by atoms with E-state index in [1.807, 2.05) is 36.4 Å². The zero-order valence-corrected chi connectivity index (χ0v) is 18.1. The number of aliphatic hydroxyl groups is 1. The van der Waals surface area contributed by atoms with Crippen LogP contribution in [0.4, 0.5) is 5.69 Å². The van der Waals surface area contributed by atoms with Gasteiger partial charge in [-0.05, 0) is 54.2 Å². The van der Waals surface area contributed by atoms with Crippen LogP contribution in [0, 0.1) is 18.3 Å². The van der Waals surface area contributed by atoms with E-state index in [4.69, 9.17) is 0 Å². The summed E-state index contributed by atoms with van der Waals surface area (Å²) in [5.41, 5.74) is 5.75. The van der Waals surface area contributed by atoms with Crippen LogP contribution in [-0.2, 0) is 0 Å². The lowest BCUT2D eigenvalue weighted by atomic mass is 9.89. The summed E-state index contributed by atoms with van der Waals surface area (Å²) in [5, 5.41) is 23.9. The van der Waals surface area contributed by atoms with Gasteiger partial charge in [0.25, 0.3) is 5.56 Å². The number of anilines is 1. The lowest BCUT2D eigenvalue weighted by Gasteiger charge is -2.20. The summed E-state index contributed by atoms with van der Waals surface area (Å²) in [6.45, 7) is 6.50. The number of aryl methyl sites for hydroxylation is 1. The zero-order valence-electron chi connectivity index (χ0n) is 18.1. The van der Waals surface area contributed by atoms with Crippen molar-refractivity contribution < 1.29 is 5.11 Å². The van der Waals surface area contributed by atoms with Gasteiger partial charge in [-0.1, -0.05) is 44.2 Å². The highest BCUT2D eigenvalue weighted by atomic mass is 16.3. The fraction of sp³-hybridized carbons (Fsp3) is 0.308. The van der Waals surface area contributed by atoms with Gasteiger partial charge in [0, 0.05) is 24.2 Å². The Hall–Kier alpha value is -3.36. The van der Waals surface area contributed by atoms with Crippen molar-refractivity contribution in [3.63, 3.8) is 0 Å².